The van der Waals surface area contributed by atoms with Gasteiger partial charge in [0, 0.05) is 18.7 Å². The van der Waals surface area contributed by atoms with Crippen LogP contribution in [-0.4, -0.2) is 51.2 Å². The van der Waals surface area contributed by atoms with Crippen molar-refractivity contribution in [3.63, 3.8) is 0 Å². The van der Waals surface area contributed by atoms with Crippen molar-refractivity contribution in [2.75, 3.05) is 31.2 Å². The lowest BCUT2D eigenvalue weighted by atomic mass is 10.1. The van der Waals surface area contributed by atoms with Gasteiger partial charge in [-0.1, -0.05) is 46.7 Å². The summed E-state index contributed by atoms with van der Waals surface area (Å²) in [7, 11) is 0. The van der Waals surface area contributed by atoms with Gasteiger partial charge in [0.1, 0.15) is 0 Å². The van der Waals surface area contributed by atoms with Crippen LogP contribution in [0.3, 0.4) is 0 Å². The Morgan fingerprint density at radius 2 is 1.78 bits per heavy atom. The van der Waals surface area contributed by atoms with Gasteiger partial charge in [-0.15, -0.1) is 10.2 Å². The quantitative estimate of drug-likeness (QED) is 0.409. The van der Waals surface area contributed by atoms with E-state index >= 15 is 0 Å². The Hall–Kier alpha value is -3.17. The standard InChI is InChI=1S/C23H24N6O2S/c1-16-6-8-18(9-7-16)21-24-20(27-31-21)15-32-23-26-25-22(28-10-12-30-13-11-28)29(23)19-5-3-4-17(2)14-19/h3-9,14H,10-13,15H2,1-2H3. The molecule has 2 aromatic carbocycles. The van der Waals surface area contributed by atoms with Gasteiger partial charge in [0.25, 0.3) is 5.89 Å². The number of nitrogens with zero attached hydrogens (tertiary/aromatic N) is 6. The Kier molecular flexibility index (Phi) is 5.91. The molecule has 9 heteroatoms. The molecule has 3 heterocycles. The molecule has 2 aromatic heterocycles. The van der Waals surface area contributed by atoms with Crippen LogP contribution in [0.2, 0.25) is 0 Å². The molecule has 32 heavy (non-hydrogen) atoms. The average molecular weight is 449 g/mol. The predicted molar refractivity (Wildman–Crippen MR) is 123 cm³/mol. The normalized spacial score (nSPS) is 14.1. The number of morpholine rings is 1. The highest BCUT2D eigenvalue weighted by atomic mass is 32.2. The second kappa shape index (κ2) is 9.13. The zero-order chi connectivity index (χ0) is 21.9. The van der Waals surface area contributed by atoms with E-state index in [1.807, 2.05) is 24.3 Å². The molecule has 0 N–H and O–H groups in total. The SMILES string of the molecule is Cc1ccc(-c2nc(CSc3nnc(N4CCOCC4)n3-c3cccc(C)c3)no2)cc1. The minimum atomic E-state index is 0.523. The van der Waals surface area contributed by atoms with E-state index in [1.54, 1.807) is 11.8 Å². The molecule has 0 atom stereocenters. The summed E-state index contributed by atoms with van der Waals surface area (Å²) in [5, 5.41) is 14.0. The van der Waals surface area contributed by atoms with Crippen LogP contribution in [0.15, 0.2) is 58.2 Å². The maximum Gasteiger partial charge on any atom is 0.257 e. The first-order valence-corrected chi connectivity index (χ1v) is 11.5. The van der Waals surface area contributed by atoms with E-state index < -0.39 is 0 Å². The summed E-state index contributed by atoms with van der Waals surface area (Å²) >= 11 is 1.54. The maximum atomic E-state index is 5.51. The summed E-state index contributed by atoms with van der Waals surface area (Å²) < 4.78 is 13.1. The third-order valence-corrected chi connectivity index (χ3v) is 6.19. The first-order chi connectivity index (χ1) is 15.7. The summed E-state index contributed by atoms with van der Waals surface area (Å²) in [6, 6.07) is 16.4. The minimum Gasteiger partial charge on any atom is -0.378 e. The van der Waals surface area contributed by atoms with E-state index in [4.69, 9.17) is 9.26 Å². The van der Waals surface area contributed by atoms with Gasteiger partial charge in [0.15, 0.2) is 11.0 Å². The van der Waals surface area contributed by atoms with E-state index in [0.717, 1.165) is 35.4 Å². The second-order valence-corrected chi connectivity index (χ2v) is 8.67. The molecule has 0 spiro atoms. The molecule has 1 fully saturated rings. The van der Waals surface area contributed by atoms with Crippen molar-refractivity contribution >= 4 is 17.7 Å². The Labute approximate surface area is 190 Å². The van der Waals surface area contributed by atoms with Crippen molar-refractivity contribution in [1.82, 2.24) is 24.9 Å². The van der Waals surface area contributed by atoms with Crippen molar-refractivity contribution in [2.45, 2.75) is 24.8 Å². The number of hydrogen-bond acceptors (Lipinski definition) is 8. The summed E-state index contributed by atoms with van der Waals surface area (Å²) in [6.45, 7) is 7.09. The van der Waals surface area contributed by atoms with E-state index in [-0.39, 0.29) is 0 Å². The Balaban J connectivity index is 1.40. The molecule has 4 aromatic rings. The molecule has 1 aliphatic rings. The summed E-state index contributed by atoms with van der Waals surface area (Å²) in [5.41, 5.74) is 4.32. The molecule has 164 valence electrons. The van der Waals surface area contributed by atoms with Gasteiger partial charge >= 0.3 is 0 Å². The van der Waals surface area contributed by atoms with Crippen molar-refractivity contribution in [3.05, 3.63) is 65.5 Å². The highest BCUT2D eigenvalue weighted by molar-refractivity contribution is 7.98. The fraction of sp³-hybridized carbons (Fsp3) is 0.304. The number of aryl methyl sites for hydroxylation is 2. The van der Waals surface area contributed by atoms with Gasteiger partial charge in [0.2, 0.25) is 5.95 Å². The fourth-order valence-electron chi connectivity index (χ4n) is 3.57. The molecule has 5 rings (SSSR count). The largest absolute Gasteiger partial charge is 0.378 e. The molecule has 1 aliphatic heterocycles. The third-order valence-electron chi connectivity index (χ3n) is 5.27. The van der Waals surface area contributed by atoms with E-state index in [0.29, 0.717) is 30.7 Å². The van der Waals surface area contributed by atoms with E-state index in [2.05, 4.69) is 67.9 Å². The molecule has 0 amide bonds. The highest BCUT2D eigenvalue weighted by Crippen LogP contribution is 2.29. The number of rotatable bonds is 6. The number of ether oxygens (including phenoxy) is 1. The zero-order valence-electron chi connectivity index (χ0n) is 18.1. The highest BCUT2D eigenvalue weighted by Gasteiger charge is 2.22. The van der Waals surface area contributed by atoms with Crippen molar-refractivity contribution < 1.29 is 9.26 Å². The van der Waals surface area contributed by atoms with Crippen molar-refractivity contribution in [1.29, 1.82) is 0 Å². The third kappa shape index (κ3) is 4.39. The van der Waals surface area contributed by atoms with Crippen LogP contribution in [0.25, 0.3) is 17.1 Å². The van der Waals surface area contributed by atoms with Gasteiger partial charge in [-0.3, -0.25) is 4.57 Å². The first-order valence-electron chi connectivity index (χ1n) is 10.5. The average Bonchev–Trinajstić information content (AvgIpc) is 3.46. The lowest BCUT2D eigenvalue weighted by Crippen LogP contribution is -2.37. The summed E-state index contributed by atoms with van der Waals surface area (Å²) in [4.78, 5) is 6.77. The molecular weight excluding hydrogens is 424 g/mol. The fourth-order valence-corrected chi connectivity index (χ4v) is 4.36. The molecular formula is C23H24N6O2S. The number of hydrogen-bond donors (Lipinski definition) is 0. The summed E-state index contributed by atoms with van der Waals surface area (Å²) in [6.07, 6.45) is 0. The lowest BCUT2D eigenvalue weighted by molar-refractivity contribution is 0.122. The van der Waals surface area contributed by atoms with Gasteiger partial charge in [-0.05, 0) is 43.7 Å². The first kappa shape index (κ1) is 20.7. The molecule has 8 nitrogen and oxygen atoms in total. The predicted octanol–water partition coefficient (Wildman–Crippen LogP) is 4.06. The molecule has 0 saturated carbocycles. The van der Waals surface area contributed by atoms with Gasteiger partial charge in [-0.2, -0.15) is 4.98 Å². The number of aromatic nitrogens is 5. The topological polar surface area (TPSA) is 82.1 Å². The Morgan fingerprint density at radius 1 is 0.969 bits per heavy atom. The molecule has 0 radical (unpaired) electrons. The van der Waals surface area contributed by atoms with Gasteiger partial charge in [0.05, 0.1) is 24.7 Å². The number of thioether (sulfide) groups is 1. The minimum absolute atomic E-state index is 0.523. The molecule has 1 saturated heterocycles. The zero-order valence-corrected chi connectivity index (χ0v) is 18.9. The van der Waals surface area contributed by atoms with Crippen LogP contribution < -0.4 is 4.90 Å². The van der Waals surface area contributed by atoms with Gasteiger partial charge in [-0.25, -0.2) is 0 Å². The van der Waals surface area contributed by atoms with Crippen LogP contribution in [0, 0.1) is 13.8 Å². The monoisotopic (exact) mass is 448 g/mol. The van der Waals surface area contributed by atoms with Crippen molar-refractivity contribution in [3.8, 4) is 17.1 Å². The van der Waals surface area contributed by atoms with Crippen LogP contribution in [0.1, 0.15) is 17.0 Å². The number of anilines is 1. The smallest absolute Gasteiger partial charge is 0.257 e. The number of benzene rings is 2. The van der Waals surface area contributed by atoms with Crippen LogP contribution >= 0.6 is 11.8 Å². The van der Waals surface area contributed by atoms with Crippen LogP contribution in [0.5, 0.6) is 0 Å². The summed E-state index contributed by atoms with van der Waals surface area (Å²) in [5.74, 6) is 2.50. The Morgan fingerprint density at radius 3 is 2.56 bits per heavy atom. The van der Waals surface area contributed by atoms with Gasteiger partial charge < -0.3 is 14.2 Å². The second-order valence-electron chi connectivity index (χ2n) is 7.73. The van der Waals surface area contributed by atoms with Crippen LogP contribution in [-0.2, 0) is 10.5 Å². The van der Waals surface area contributed by atoms with E-state index in [1.165, 1.54) is 11.1 Å². The molecule has 0 bridgehead atoms. The van der Waals surface area contributed by atoms with Crippen molar-refractivity contribution in [2.24, 2.45) is 0 Å². The van der Waals surface area contributed by atoms with Crippen LogP contribution in [0.4, 0.5) is 5.95 Å². The molecule has 0 unspecified atom stereocenters. The molecule has 0 aliphatic carbocycles. The lowest BCUT2D eigenvalue weighted by Gasteiger charge is -2.28. The Bertz CT molecular complexity index is 1200. The maximum absolute atomic E-state index is 5.51. The van der Waals surface area contributed by atoms with E-state index in [9.17, 15) is 0 Å².